The van der Waals surface area contributed by atoms with E-state index in [0.29, 0.717) is 0 Å². The van der Waals surface area contributed by atoms with Gasteiger partial charge in [0.2, 0.25) is 0 Å². The van der Waals surface area contributed by atoms with E-state index in [1.54, 1.807) is 0 Å². The summed E-state index contributed by atoms with van der Waals surface area (Å²) in [5.74, 6) is 0.908. The molecule has 1 atom stereocenters. The largest absolute Gasteiger partial charge is 0.345 e. The molecule has 1 aromatic heterocycles. The normalized spacial score (nSPS) is 12.8. The molecule has 3 nitrogen and oxygen atoms in total. The number of nitrogens with zero attached hydrogens (tertiary/aromatic N) is 1. The second kappa shape index (κ2) is 10.0. The van der Waals surface area contributed by atoms with Crippen molar-refractivity contribution in [2.24, 2.45) is 5.73 Å². The van der Waals surface area contributed by atoms with E-state index in [1.165, 1.54) is 63.5 Å². The van der Waals surface area contributed by atoms with Gasteiger partial charge in [-0.05, 0) is 19.8 Å². The summed E-state index contributed by atoms with van der Waals surface area (Å²) in [6, 6.07) is 0.0110. The highest BCUT2D eigenvalue weighted by Gasteiger charge is 2.04. The molecule has 0 spiro atoms. The van der Waals surface area contributed by atoms with Crippen LogP contribution in [-0.2, 0) is 6.42 Å². The van der Waals surface area contributed by atoms with E-state index in [2.05, 4.69) is 16.9 Å². The highest BCUT2D eigenvalue weighted by atomic mass is 14.9. The van der Waals surface area contributed by atoms with Crippen molar-refractivity contribution in [1.82, 2.24) is 9.97 Å². The molecule has 0 aliphatic heterocycles. The highest BCUT2D eigenvalue weighted by Crippen LogP contribution is 2.12. The molecule has 0 fully saturated rings. The summed E-state index contributed by atoms with van der Waals surface area (Å²) in [7, 11) is 0. The quantitative estimate of drug-likeness (QED) is 0.579. The minimum atomic E-state index is 0.0110. The van der Waals surface area contributed by atoms with Gasteiger partial charge >= 0.3 is 0 Å². The molecule has 0 radical (unpaired) electrons. The molecule has 1 heterocycles. The zero-order chi connectivity index (χ0) is 13.9. The van der Waals surface area contributed by atoms with Gasteiger partial charge in [0.05, 0.1) is 6.04 Å². The Hall–Kier alpha value is -0.830. The summed E-state index contributed by atoms with van der Waals surface area (Å²) >= 11 is 0. The van der Waals surface area contributed by atoms with Gasteiger partial charge in [0.1, 0.15) is 5.82 Å². The summed E-state index contributed by atoms with van der Waals surface area (Å²) < 4.78 is 0. The van der Waals surface area contributed by atoms with Crippen molar-refractivity contribution in [2.75, 3.05) is 0 Å². The molecule has 0 saturated heterocycles. The molecular weight excluding hydrogens is 234 g/mol. The number of aryl methyl sites for hydroxylation is 1. The number of hydrogen-bond donors (Lipinski definition) is 2. The van der Waals surface area contributed by atoms with Gasteiger partial charge < -0.3 is 10.7 Å². The molecule has 0 saturated carbocycles. The fraction of sp³-hybridized carbons (Fsp3) is 0.812. The lowest BCUT2D eigenvalue weighted by Gasteiger charge is -2.02. The Morgan fingerprint density at radius 2 is 1.63 bits per heavy atom. The van der Waals surface area contributed by atoms with Crippen LogP contribution in [0.3, 0.4) is 0 Å². The van der Waals surface area contributed by atoms with Gasteiger partial charge in [0, 0.05) is 11.9 Å². The minimum Gasteiger partial charge on any atom is -0.345 e. The van der Waals surface area contributed by atoms with Crippen molar-refractivity contribution in [3.63, 3.8) is 0 Å². The van der Waals surface area contributed by atoms with Gasteiger partial charge in [-0.2, -0.15) is 0 Å². The van der Waals surface area contributed by atoms with Gasteiger partial charge in [0.25, 0.3) is 0 Å². The molecular formula is C16H31N3. The zero-order valence-corrected chi connectivity index (χ0v) is 12.8. The second-order valence-electron chi connectivity index (χ2n) is 5.66. The topological polar surface area (TPSA) is 54.7 Å². The molecule has 0 amide bonds. The van der Waals surface area contributed by atoms with Gasteiger partial charge in [-0.1, -0.05) is 58.3 Å². The maximum atomic E-state index is 5.78. The lowest BCUT2D eigenvalue weighted by atomic mass is 10.1. The number of nitrogens with one attached hydrogen (secondary N) is 1. The molecule has 110 valence electrons. The Morgan fingerprint density at radius 1 is 1.05 bits per heavy atom. The van der Waals surface area contributed by atoms with E-state index in [9.17, 15) is 0 Å². The Bertz CT molecular complexity index is 318. The Balaban J connectivity index is 1.95. The van der Waals surface area contributed by atoms with Crippen LogP contribution < -0.4 is 5.73 Å². The van der Waals surface area contributed by atoms with Crippen LogP contribution in [-0.4, -0.2) is 9.97 Å². The average Bonchev–Trinajstić information content (AvgIpc) is 2.86. The van der Waals surface area contributed by atoms with Crippen LogP contribution in [0.25, 0.3) is 0 Å². The van der Waals surface area contributed by atoms with Crippen LogP contribution in [0, 0.1) is 0 Å². The number of unbranched alkanes of at least 4 members (excludes halogenated alkanes) is 8. The maximum Gasteiger partial charge on any atom is 0.122 e. The molecule has 3 N–H and O–H groups in total. The van der Waals surface area contributed by atoms with Crippen LogP contribution in [0.1, 0.15) is 89.2 Å². The molecule has 0 aliphatic rings. The number of hydrogen-bond acceptors (Lipinski definition) is 2. The van der Waals surface area contributed by atoms with Crippen molar-refractivity contribution in [3.05, 3.63) is 17.7 Å². The Morgan fingerprint density at radius 3 is 2.16 bits per heavy atom. The van der Waals surface area contributed by atoms with E-state index in [0.717, 1.165) is 12.2 Å². The first-order chi connectivity index (χ1) is 9.24. The molecule has 0 aliphatic carbocycles. The number of rotatable bonds is 11. The van der Waals surface area contributed by atoms with Crippen molar-refractivity contribution < 1.29 is 0 Å². The van der Waals surface area contributed by atoms with Crippen molar-refractivity contribution >= 4 is 0 Å². The van der Waals surface area contributed by atoms with Gasteiger partial charge in [-0.15, -0.1) is 0 Å². The fourth-order valence-corrected chi connectivity index (χ4v) is 2.36. The highest BCUT2D eigenvalue weighted by molar-refractivity contribution is 5.03. The first-order valence-electron chi connectivity index (χ1n) is 8.03. The van der Waals surface area contributed by atoms with Crippen LogP contribution in [0.5, 0.6) is 0 Å². The van der Waals surface area contributed by atoms with E-state index in [1.807, 2.05) is 13.1 Å². The number of H-pyrrole nitrogens is 1. The predicted molar refractivity (Wildman–Crippen MR) is 82.1 cm³/mol. The summed E-state index contributed by atoms with van der Waals surface area (Å²) in [6.07, 6.45) is 15.4. The van der Waals surface area contributed by atoms with Crippen LogP contribution in [0.2, 0.25) is 0 Å². The number of nitrogens with two attached hydrogens (primary N) is 1. The fourth-order valence-electron chi connectivity index (χ4n) is 2.36. The Kier molecular flexibility index (Phi) is 8.55. The third-order valence-corrected chi connectivity index (χ3v) is 3.63. The first kappa shape index (κ1) is 16.2. The van der Waals surface area contributed by atoms with E-state index in [-0.39, 0.29) is 6.04 Å². The third-order valence-electron chi connectivity index (χ3n) is 3.63. The number of aromatic nitrogens is 2. The molecule has 1 unspecified atom stereocenters. The molecule has 1 rings (SSSR count). The zero-order valence-electron chi connectivity index (χ0n) is 12.8. The minimum absolute atomic E-state index is 0.0110. The van der Waals surface area contributed by atoms with Crippen LogP contribution in [0.15, 0.2) is 6.20 Å². The lowest BCUT2D eigenvalue weighted by molar-refractivity contribution is 0.563. The molecule has 0 aromatic carbocycles. The first-order valence-corrected chi connectivity index (χ1v) is 8.03. The second-order valence-corrected chi connectivity index (χ2v) is 5.66. The summed E-state index contributed by atoms with van der Waals surface area (Å²) in [5.41, 5.74) is 7.01. The lowest BCUT2D eigenvalue weighted by Crippen LogP contribution is -2.06. The van der Waals surface area contributed by atoms with E-state index in [4.69, 9.17) is 5.73 Å². The number of aromatic amines is 1. The van der Waals surface area contributed by atoms with Crippen molar-refractivity contribution in [3.8, 4) is 0 Å². The predicted octanol–water partition coefficient (Wildman–Crippen LogP) is 4.50. The average molecular weight is 265 g/mol. The standard InChI is InChI=1S/C16H31N3/c1-3-4-5-6-7-8-9-10-11-12-15-13-18-16(19-15)14(2)17/h13-14H,3-12,17H2,1-2H3,(H,18,19). The molecule has 3 heteroatoms. The van der Waals surface area contributed by atoms with Crippen LogP contribution >= 0.6 is 0 Å². The maximum absolute atomic E-state index is 5.78. The molecule has 0 bridgehead atoms. The molecule has 1 aromatic rings. The monoisotopic (exact) mass is 265 g/mol. The van der Waals surface area contributed by atoms with E-state index < -0.39 is 0 Å². The van der Waals surface area contributed by atoms with Crippen molar-refractivity contribution in [1.29, 1.82) is 0 Å². The van der Waals surface area contributed by atoms with Gasteiger partial charge in [0.15, 0.2) is 0 Å². The smallest absolute Gasteiger partial charge is 0.122 e. The van der Waals surface area contributed by atoms with E-state index >= 15 is 0 Å². The Labute approximate surface area is 118 Å². The summed E-state index contributed by atoms with van der Waals surface area (Å²) in [6.45, 7) is 4.23. The van der Waals surface area contributed by atoms with Crippen LogP contribution in [0.4, 0.5) is 0 Å². The summed E-state index contributed by atoms with van der Waals surface area (Å²) in [5, 5.41) is 0. The van der Waals surface area contributed by atoms with Crippen molar-refractivity contribution in [2.45, 2.75) is 84.1 Å². The third kappa shape index (κ3) is 7.36. The number of imidazole rings is 1. The molecule has 19 heavy (non-hydrogen) atoms. The van der Waals surface area contributed by atoms with Gasteiger partial charge in [-0.25, -0.2) is 4.98 Å². The SMILES string of the molecule is CCCCCCCCCCCc1cnc(C(C)N)[nH]1. The summed E-state index contributed by atoms with van der Waals surface area (Å²) in [4.78, 5) is 7.59. The van der Waals surface area contributed by atoms with Gasteiger partial charge in [-0.3, -0.25) is 0 Å².